The van der Waals surface area contributed by atoms with Gasteiger partial charge >= 0.3 is 0 Å². The minimum Gasteiger partial charge on any atom is -0.494 e. The summed E-state index contributed by atoms with van der Waals surface area (Å²) < 4.78 is 11.5. The molecule has 0 spiro atoms. The van der Waals surface area contributed by atoms with Gasteiger partial charge in [-0.05, 0) is 35.7 Å². The van der Waals surface area contributed by atoms with E-state index in [-0.39, 0.29) is 19.1 Å². The highest BCUT2D eigenvalue weighted by atomic mass is 16.5. The lowest BCUT2D eigenvalue weighted by Gasteiger charge is -2.23. The normalized spacial score (nSPS) is 18.1. The molecule has 0 aliphatic carbocycles. The monoisotopic (exact) mass is 410 g/mol. The Bertz CT molecular complexity index is 849. The first-order chi connectivity index (χ1) is 14.5. The number of hydrogen-bond acceptors (Lipinski definition) is 5. The number of aliphatic hydroxyl groups is 1. The smallest absolute Gasteiger partial charge is 0.251 e. The summed E-state index contributed by atoms with van der Waals surface area (Å²) in [7, 11) is 0. The third kappa shape index (κ3) is 5.60. The van der Waals surface area contributed by atoms with Crippen molar-refractivity contribution in [1.29, 1.82) is 0 Å². The molecular weight excluding hydrogens is 380 g/mol. The van der Waals surface area contributed by atoms with Crippen molar-refractivity contribution in [2.45, 2.75) is 32.2 Å². The van der Waals surface area contributed by atoms with Crippen LogP contribution >= 0.6 is 0 Å². The molecule has 0 aromatic heterocycles. The lowest BCUT2D eigenvalue weighted by atomic mass is 9.91. The zero-order chi connectivity index (χ0) is 21.4. The van der Waals surface area contributed by atoms with E-state index in [0.29, 0.717) is 37.8 Å². The number of ether oxygens (including phenoxy) is 2. The molecule has 0 saturated heterocycles. The molecule has 160 valence electrons. The second-order valence-electron chi connectivity index (χ2n) is 7.95. The van der Waals surface area contributed by atoms with Crippen molar-refractivity contribution in [2.24, 2.45) is 10.9 Å². The Morgan fingerprint density at radius 3 is 2.60 bits per heavy atom. The predicted octanol–water partition coefficient (Wildman–Crippen LogP) is 2.98. The van der Waals surface area contributed by atoms with Gasteiger partial charge in [0.15, 0.2) is 5.54 Å². The molecule has 0 bridgehead atoms. The highest BCUT2D eigenvalue weighted by Gasteiger charge is 2.44. The van der Waals surface area contributed by atoms with Crippen LogP contribution in [0.3, 0.4) is 0 Å². The van der Waals surface area contributed by atoms with Crippen molar-refractivity contribution in [3.05, 3.63) is 65.7 Å². The molecule has 1 aliphatic rings. The van der Waals surface area contributed by atoms with Crippen molar-refractivity contribution in [3.63, 3.8) is 0 Å². The van der Waals surface area contributed by atoms with Crippen LogP contribution in [0.25, 0.3) is 0 Å². The van der Waals surface area contributed by atoms with Crippen LogP contribution in [0.4, 0.5) is 0 Å². The van der Waals surface area contributed by atoms with E-state index in [9.17, 15) is 4.79 Å². The number of nitrogens with zero attached hydrogens (tertiary/aromatic N) is 1. The van der Waals surface area contributed by atoms with Crippen molar-refractivity contribution in [3.8, 4) is 5.75 Å². The van der Waals surface area contributed by atoms with Crippen LogP contribution in [-0.2, 0) is 16.0 Å². The fourth-order valence-electron chi connectivity index (χ4n) is 3.22. The number of amides is 1. The zero-order valence-corrected chi connectivity index (χ0v) is 17.6. The zero-order valence-electron chi connectivity index (χ0n) is 17.6. The van der Waals surface area contributed by atoms with Gasteiger partial charge in [-0.25, -0.2) is 4.99 Å². The quantitative estimate of drug-likeness (QED) is 0.590. The number of carbonyl (C=O) groups is 1. The molecule has 2 aromatic rings. The Labute approximate surface area is 177 Å². The molecule has 0 saturated carbocycles. The summed E-state index contributed by atoms with van der Waals surface area (Å²) in [5, 5.41) is 11.9. The Kier molecular flexibility index (Phi) is 7.46. The van der Waals surface area contributed by atoms with Crippen molar-refractivity contribution >= 4 is 11.8 Å². The standard InChI is InChI=1S/C24H30N2O4/c1-18(2)16-25-23(28)24(15-19-7-4-3-5-8-19)17-30-22(26-24)20-9-11-21(12-10-20)29-14-6-13-27/h3-5,7-12,18,27H,6,13-17H2,1-2H3,(H,25,28)/t24-/m1/s1. The van der Waals surface area contributed by atoms with Crippen LogP contribution in [0, 0.1) is 5.92 Å². The third-order valence-corrected chi connectivity index (χ3v) is 4.87. The van der Waals surface area contributed by atoms with Gasteiger partial charge in [0.05, 0.1) is 6.61 Å². The van der Waals surface area contributed by atoms with Crippen molar-refractivity contribution in [2.75, 3.05) is 26.4 Å². The molecular formula is C24H30N2O4. The molecule has 0 radical (unpaired) electrons. The van der Waals surface area contributed by atoms with Crippen molar-refractivity contribution < 1.29 is 19.4 Å². The van der Waals surface area contributed by atoms with Gasteiger partial charge in [0.25, 0.3) is 5.91 Å². The Hall–Kier alpha value is -2.86. The van der Waals surface area contributed by atoms with Gasteiger partial charge < -0.3 is 19.9 Å². The number of hydrogen-bond donors (Lipinski definition) is 2. The number of nitrogens with one attached hydrogen (secondary N) is 1. The second kappa shape index (κ2) is 10.3. The van der Waals surface area contributed by atoms with Crippen LogP contribution in [0.1, 0.15) is 31.4 Å². The molecule has 1 aliphatic heterocycles. The summed E-state index contributed by atoms with van der Waals surface area (Å²) in [6, 6.07) is 17.3. The van der Waals surface area contributed by atoms with E-state index in [1.807, 2.05) is 54.6 Å². The highest BCUT2D eigenvalue weighted by Crippen LogP contribution is 2.27. The van der Waals surface area contributed by atoms with E-state index in [0.717, 1.165) is 16.9 Å². The lowest BCUT2D eigenvalue weighted by Crippen LogP contribution is -2.49. The molecule has 6 nitrogen and oxygen atoms in total. The SMILES string of the molecule is CC(C)CNC(=O)[C@@]1(Cc2ccccc2)COC(c2ccc(OCCCO)cc2)=N1. The van der Waals surface area contributed by atoms with Gasteiger partial charge in [0.1, 0.15) is 12.4 Å². The average Bonchev–Trinajstić information content (AvgIpc) is 3.18. The summed E-state index contributed by atoms with van der Waals surface area (Å²) in [5.74, 6) is 1.43. The first-order valence-corrected chi connectivity index (χ1v) is 10.4. The number of benzene rings is 2. The van der Waals surface area contributed by atoms with Gasteiger partial charge in [-0.3, -0.25) is 4.79 Å². The molecule has 1 amide bonds. The molecule has 0 unspecified atom stereocenters. The van der Waals surface area contributed by atoms with Crippen LogP contribution in [0.15, 0.2) is 59.6 Å². The molecule has 0 fully saturated rings. The summed E-state index contributed by atoms with van der Waals surface area (Å²) >= 11 is 0. The van der Waals surface area contributed by atoms with E-state index in [4.69, 9.17) is 19.6 Å². The first kappa shape index (κ1) is 21.8. The number of aliphatic imine (C=N–C) groups is 1. The second-order valence-corrected chi connectivity index (χ2v) is 7.95. The maximum Gasteiger partial charge on any atom is 0.251 e. The Morgan fingerprint density at radius 1 is 1.20 bits per heavy atom. The van der Waals surface area contributed by atoms with Crippen LogP contribution in [0.2, 0.25) is 0 Å². The summed E-state index contributed by atoms with van der Waals surface area (Å²) in [6.07, 6.45) is 1.06. The average molecular weight is 411 g/mol. The van der Waals surface area contributed by atoms with E-state index >= 15 is 0 Å². The minimum atomic E-state index is -0.984. The fraction of sp³-hybridized carbons (Fsp3) is 0.417. The largest absolute Gasteiger partial charge is 0.494 e. The molecule has 1 heterocycles. The number of carbonyl (C=O) groups excluding carboxylic acids is 1. The van der Waals surface area contributed by atoms with E-state index < -0.39 is 5.54 Å². The predicted molar refractivity (Wildman–Crippen MR) is 117 cm³/mol. The number of aliphatic hydroxyl groups excluding tert-OH is 1. The molecule has 2 N–H and O–H groups in total. The molecule has 6 heteroatoms. The van der Waals surface area contributed by atoms with Crippen molar-refractivity contribution in [1.82, 2.24) is 5.32 Å². The van der Waals surface area contributed by atoms with Gasteiger partial charge in [-0.2, -0.15) is 0 Å². The first-order valence-electron chi connectivity index (χ1n) is 10.4. The van der Waals surface area contributed by atoms with Gasteiger partial charge in [-0.15, -0.1) is 0 Å². The Balaban J connectivity index is 1.80. The highest BCUT2D eigenvalue weighted by molar-refractivity contribution is 6.00. The topological polar surface area (TPSA) is 80.2 Å². The maximum atomic E-state index is 13.1. The fourth-order valence-corrected chi connectivity index (χ4v) is 3.22. The molecule has 1 atom stereocenters. The maximum absolute atomic E-state index is 13.1. The van der Waals surface area contributed by atoms with E-state index in [2.05, 4.69) is 19.2 Å². The Morgan fingerprint density at radius 2 is 1.93 bits per heavy atom. The minimum absolute atomic E-state index is 0.102. The van der Waals surface area contributed by atoms with E-state index in [1.165, 1.54) is 0 Å². The molecule has 30 heavy (non-hydrogen) atoms. The summed E-state index contributed by atoms with van der Waals surface area (Å²) in [5.41, 5.74) is 0.858. The summed E-state index contributed by atoms with van der Waals surface area (Å²) in [4.78, 5) is 17.9. The van der Waals surface area contributed by atoms with Crippen LogP contribution in [0.5, 0.6) is 5.75 Å². The van der Waals surface area contributed by atoms with Crippen LogP contribution < -0.4 is 10.1 Å². The third-order valence-electron chi connectivity index (χ3n) is 4.87. The van der Waals surface area contributed by atoms with Crippen LogP contribution in [-0.4, -0.2) is 48.8 Å². The lowest BCUT2D eigenvalue weighted by molar-refractivity contribution is -0.126. The number of rotatable bonds is 10. The molecule has 2 aromatic carbocycles. The van der Waals surface area contributed by atoms with Gasteiger partial charge in [0, 0.05) is 31.6 Å². The van der Waals surface area contributed by atoms with Gasteiger partial charge in [0.2, 0.25) is 5.90 Å². The summed E-state index contributed by atoms with van der Waals surface area (Å²) in [6.45, 7) is 5.49. The van der Waals surface area contributed by atoms with E-state index in [1.54, 1.807) is 0 Å². The van der Waals surface area contributed by atoms with Gasteiger partial charge in [-0.1, -0.05) is 44.2 Å². The molecule has 3 rings (SSSR count).